The molecule has 0 aliphatic carbocycles. The van der Waals surface area contributed by atoms with E-state index < -0.39 is 0 Å². The van der Waals surface area contributed by atoms with Gasteiger partial charge in [-0.25, -0.2) is 0 Å². The number of aliphatic imine (C=N–C) groups is 1. The van der Waals surface area contributed by atoms with Gasteiger partial charge < -0.3 is 20.1 Å². The first-order chi connectivity index (χ1) is 11.5. The third-order valence-corrected chi connectivity index (χ3v) is 3.88. The molecule has 144 valence electrons. The number of methoxy groups -OCH3 is 1. The molecule has 0 atom stereocenters. The van der Waals surface area contributed by atoms with Crippen molar-refractivity contribution in [2.45, 2.75) is 59.0 Å². The summed E-state index contributed by atoms with van der Waals surface area (Å²) in [6, 6.07) is 1.18. The molecule has 0 amide bonds. The highest BCUT2D eigenvalue weighted by molar-refractivity contribution is 5.79. The Morgan fingerprint density at radius 1 is 0.917 bits per heavy atom. The fraction of sp³-hybridized carbons (Fsp3) is 0.944. The van der Waals surface area contributed by atoms with E-state index in [1.807, 2.05) is 7.05 Å². The van der Waals surface area contributed by atoms with E-state index in [0.717, 1.165) is 51.5 Å². The van der Waals surface area contributed by atoms with E-state index in [9.17, 15) is 0 Å². The molecule has 0 aliphatic heterocycles. The summed E-state index contributed by atoms with van der Waals surface area (Å²) in [6.07, 6.45) is 3.23. The Morgan fingerprint density at radius 3 is 2.08 bits per heavy atom. The molecule has 6 nitrogen and oxygen atoms in total. The topological polar surface area (TPSA) is 58.1 Å². The molecule has 0 saturated carbocycles. The zero-order chi connectivity index (χ0) is 18.2. The summed E-state index contributed by atoms with van der Waals surface area (Å²) in [5.41, 5.74) is 0. The van der Waals surface area contributed by atoms with Crippen LogP contribution in [-0.2, 0) is 9.47 Å². The van der Waals surface area contributed by atoms with Crippen molar-refractivity contribution < 1.29 is 9.47 Å². The fourth-order valence-electron chi connectivity index (χ4n) is 2.58. The van der Waals surface area contributed by atoms with Gasteiger partial charge in [0.2, 0.25) is 0 Å². The van der Waals surface area contributed by atoms with Crippen molar-refractivity contribution in [2.75, 3.05) is 53.6 Å². The molecule has 0 fully saturated rings. The predicted octanol–water partition coefficient (Wildman–Crippen LogP) is 2.10. The molecule has 0 bridgehead atoms. The van der Waals surface area contributed by atoms with Crippen molar-refractivity contribution in [1.82, 2.24) is 15.5 Å². The molecule has 0 rings (SSSR count). The van der Waals surface area contributed by atoms with E-state index in [4.69, 9.17) is 9.47 Å². The largest absolute Gasteiger partial charge is 0.382 e. The molecule has 0 unspecified atom stereocenters. The van der Waals surface area contributed by atoms with Crippen molar-refractivity contribution in [2.24, 2.45) is 4.99 Å². The summed E-state index contributed by atoms with van der Waals surface area (Å²) in [5.74, 6) is 0.885. The number of rotatable bonds is 14. The smallest absolute Gasteiger partial charge is 0.190 e. The van der Waals surface area contributed by atoms with Crippen LogP contribution < -0.4 is 10.6 Å². The summed E-state index contributed by atoms with van der Waals surface area (Å²) in [5, 5.41) is 6.74. The minimum atomic E-state index is 0.591. The average Bonchev–Trinajstić information content (AvgIpc) is 2.54. The third-order valence-electron chi connectivity index (χ3n) is 3.88. The van der Waals surface area contributed by atoms with Crippen LogP contribution in [0.1, 0.15) is 47.0 Å². The molecule has 0 aromatic heterocycles. The monoisotopic (exact) mass is 344 g/mol. The lowest BCUT2D eigenvalue weighted by Gasteiger charge is -2.30. The first kappa shape index (κ1) is 23.1. The number of hydrogen-bond acceptors (Lipinski definition) is 4. The molecule has 0 heterocycles. The van der Waals surface area contributed by atoms with Gasteiger partial charge in [0.05, 0.1) is 13.2 Å². The highest BCUT2D eigenvalue weighted by Gasteiger charge is 2.12. The summed E-state index contributed by atoms with van der Waals surface area (Å²) < 4.78 is 10.4. The SMILES string of the molecule is CN=C(NCCCCOCCOC)NCCCN(C(C)C)C(C)C. The minimum Gasteiger partial charge on any atom is -0.382 e. The molecular weight excluding hydrogens is 304 g/mol. The van der Waals surface area contributed by atoms with Crippen LogP contribution in [0.2, 0.25) is 0 Å². The number of guanidine groups is 1. The Balaban J connectivity index is 3.67. The zero-order valence-electron chi connectivity index (χ0n) is 16.7. The van der Waals surface area contributed by atoms with Gasteiger partial charge in [0.15, 0.2) is 5.96 Å². The zero-order valence-corrected chi connectivity index (χ0v) is 16.7. The van der Waals surface area contributed by atoms with Crippen molar-refractivity contribution in [3.8, 4) is 0 Å². The number of hydrogen-bond donors (Lipinski definition) is 2. The Labute approximate surface area is 149 Å². The lowest BCUT2D eigenvalue weighted by atomic mass is 10.2. The number of unbranched alkanes of at least 4 members (excludes halogenated alkanes) is 1. The van der Waals surface area contributed by atoms with Crippen molar-refractivity contribution in [1.29, 1.82) is 0 Å². The van der Waals surface area contributed by atoms with Crippen LogP contribution in [0.15, 0.2) is 4.99 Å². The van der Waals surface area contributed by atoms with Crippen LogP contribution in [-0.4, -0.2) is 76.6 Å². The normalized spacial score (nSPS) is 12.5. The maximum Gasteiger partial charge on any atom is 0.190 e. The minimum absolute atomic E-state index is 0.591. The van der Waals surface area contributed by atoms with Crippen molar-refractivity contribution in [3.05, 3.63) is 0 Å². The summed E-state index contributed by atoms with van der Waals surface area (Å²) >= 11 is 0. The lowest BCUT2D eigenvalue weighted by molar-refractivity contribution is 0.0689. The molecule has 0 spiro atoms. The quantitative estimate of drug-likeness (QED) is 0.287. The van der Waals surface area contributed by atoms with Gasteiger partial charge in [-0.3, -0.25) is 9.89 Å². The maximum absolute atomic E-state index is 5.44. The molecule has 6 heteroatoms. The molecule has 0 saturated heterocycles. The van der Waals surface area contributed by atoms with Gasteiger partial charge in [-0.1, -0.05) is 0 Å². The van der Waals surface area contributed by atoms with Gasteiger partial charge in [-0.15, -0.1) is 0 Å². The van der Waals surface area contributed by atoms with Gasteiger partial charge in [0, 0.05) is 52.5 Å². The van der Waals surface area contributed by atoms with Crippen LogP contribution in [0, 0.1) is 0 Å². The standard InChI is InChI=1S/C18H40N4O2/c1-16(2)22(17(3)4)12-9-11-21-18(19-5)20-10-7-8-13-24-15-14-23-6/h16-17H,7-15H2,1-6H3,(H2,19,20,21). The van der Waals surface area contributed by atoms with E-state index in [-0.39, 0.29) is 0 Å². The summed E-state index contributed by atoms with van der Waals surface area (Å²) in [4.78, 5) is 6.78. The molecule has 2 N–H and O–H groups in total. The van der Waals surface area contributed by atoms with Crippen LogP contribution in [0.25, 0.3) is 0 Å². The van der Waals surface area contributed by atoms with Gasteiger partial charge in [0.1, 0.15) is 0 Å². The molecule has 0 aliphatic rings. The summed E-state index contributed by atoms with van der Waals surface area (Å²) in [6.45, 7) is 14.1. The number of ether oxygens (including phenoxy) is 2. The Kier molecular flexibility index (Phi) is 15.1. The lowest BCUT2D eigenvalue weighted by Crippen LogP contribution is -2.41. The average molecular weight is 345 g/mol. The van der Waals surface area contributed by atoms with Gasteiger partial charge in [-0.05, 0) is 47.0 Å². The van der Waals surface area contributed by atoms with E-state index in [0.29, 0.717) is 25.3 Å². The molecule has 0 aromatic rings. The second-order valence-corrected chi connectivity index (χ2v) is 6.52. The number of nitrogens with one attached hydrogen (secondary N) is 2. The van der Waals surface area contributed by atoms with Crippen molar-refractivity contribution in [3.63, 3.8) is 0 Å². The van der Waals surface area contributed by atoms with Crippen LogP contribution in [0.5, 0.6) is 0 Å². The van der Waals surface area contributed by atoms with Crippen LogP contribution in [0.4, 0.5) is 0 Å². The van der Waals surface area contributed by atoms with Crippen LogP contribution >= 0.6 is 0 Å². The van der Waals surface area contributed by atoms with E-state index in [1.165, 1.54) is 0 Å². The first-order valence-electron chi connectivity index (χ1n) is 9.29. The van der Waals surface area contributed by atoms with Crippen molar-refractivity contribution >= 4 is 5.96 Å². The Bertz CT molecular complexity index is 301. The van der Waals surface area contributed by atoms with E-state index in [1.54, 1.807) is 7.11 Å². The van der Waals surface area contributed by atoms with E-state index in [2.05, 4.69) is 48.2 Å². The molecular formula is C18H40N4O2. The second kappa shape index (κ2) is 15.7. The first-order valence-corrected chi connectivity index (χ1v) is 9.29. The molecule has 0 aromatic carbocycles. The fourth-order valence-corrected chi connectivity index (χ4v) is 2.58. The predicted molar refractivity (Wildman–Crippen MR) is 103 cm³/mol. The van der Waals surface area contributed by atoms with Crippen LogP contribution in [0.3, 0.4) is 0 Å². The maximum atomic E-state index is 5.44. The van der Waals surface area contributed by atoms with Gasteiger partial charge >= 0.3 is 0 Å². The molecule has 24 heavy (non-hydrogen) atoms. The van der Waals surface area contributed by atoms with Gasteiger partial charge in [-0.2, -0.15) is 0 Å². The summed E-state index contributed by atoms with van der Waals surface area (Å²) in [7, 11) is 3.51. The Hall–Kier alpha value is -0.850. The highest BCUT2D eigenvalue weighted by atomic mass is 16.5. The van der Waals surface area contributed by atoms with E-state index >= 15 is 0 Å². The van der Waals surface area contributed by atoms with Gasteiger partial charge in [0.25, 0.3) is 0 Å². The third kappa shape index (κ3) is 12.6. The number of nitrogens with zero attached hydrogens (tertiary/aromatic N) is 2. The molecule has 0 radical (unpaired) electrons. The second-order valence-electron chi connectivity index (χ2n) is 6.52. The highest BCUT2D eigenvalue weighted by Crippen LogP contribution is 2.05. The Morgan fingerprint density at radius 2 is 1.54 bits per heavy atom.